The molecule has 0 aliphatic carbocycles. The average molecular weight is 171 g/mol. The van der Waals surface area contributed by atoms with Gasteiger partial charge in [0, 0.05) is 19.2 Å². The van der Waals surface area contributed by atoms with Gasteiger partial charge < -0.3 is 10.4 Å². The summed E-state index contributed by atoms with van der Waals surface area (Å²) in [6, 6.07) is 0.487. The molecule has 0 aliphatic rings. The van der Waals surface area contributed by atoms with Crippen LogP contribution < -0.4 is 5.32 Å². The van der Waals surface area contributed by atoms with Gasteiger partial charge in [0.2, 0.25) is 0 Å². The minimum Gasteiger partial charge on any atom is -0.396 e. The first kappa shape index (κ1) is 11.7. The summed E-state index contributed by atoms with van der Waals surface area (Å²) in [5.41, 5.74) is 1.24. The van der Waals surface area contributed by atoms with E-state index >= 15 is 0 Å². The topological polar surface area (TPSA) is 32.3 Å². The molecule has 0 saturated carbocycles. The van der Waals surface area contributed by atoms with E-state index in [2.05, 4.69) is 25.7 Å². The molecular formula is C10H21NO. The van der Waals surface area contributed by atoms with Crippen LogP contribution in [0, 0.1) is 0 Å². The van der Waals surface area contributed by atoms with Crippen molar-refractivity contribution in [2.45, 2.75) is 39.2 Å². The van der Waals surface area contributed by atoms with E-state index in [9.17, 15) is 0 Å². The molecule has 0 rings (SSSR count). The summed E-state index contributed by atoms with van der Waals surface area (Å²) in [5.74, 6) is 0. The monoisotopic (exact) mass is 171 g/mol. The molecular weight excluding hydrogens is 150 g/mol. The van der Waals surface area contributed by atoms with Gasteiger partial charge in [-0.05, 0) is 26.2 Å². The van der Waals surface area contributed by atoms with Crippen LogP contribution >= 0.6 is 0 Å². The Bertz CT molecular complexity index is 123. The number of hydrogen-bond acceptors (Lipinski definition) is 2. The zero-order valence-electron chi connectivity index (χ0n) is 8.27. The molecule has 0 aromatic carbocycles. The largest absolute Gasteiger partial charge is 0.396 e. The highest BCUT2D eigenvalue weighted by atomic mass is 16.2. The molecule has 0 spiro atoms. The third-order valence-corrected chi connectivity index (χ3v) is 2.00. The Morgan fingerprint density at radius 2 is 2.25 bits per heavy atom. The van der Waals surface area contributed by atoms with Crippen molar-refractivity contribution in [1.29, 1.82) is 0 Å². The van der Waals surface area contributed by atoms with Gasteiger partial charge in [-0.2, -0.15) is 0 Å². The number of aliphatic hydroxyl groups is 1. The van der Waals surface area contributed by atoms with Gasteiger partial charge in [0.1, 0.15) is 0 Å². The number of nitrogens with one attached hydrogen (secondary N) is 1. The minimum atomic E-state index is 0.292. The maximum Gasteiger partial charge on any atom is 0.0431 e. The summed E-state index contributed by atoms with van der Waals surface area (Å²) < 4.78 is 0. The van der Waals surface area contributed by atoms with E-state index in [-0.39, 0.29) is 0 Å². The fourth-order valence-corrected chi connectivity index (χ4v) is 0.943. The van der Waals surface area contributed by atoms with Gasteiger partial charge in [-0.15, -0.1) is 0 Å². The Balaban J connectivity index is 3.30. The van der Waals surface area contributed by atoms with Gasteiger partial charge in [0.25, 0.3) is 0 Å². The van der Waals surface area contributed by atoms with Crippen LogP contribution in [-0.2, 0) is 0 Å². The Labute approximate surface area is 75.7 Å². The molecule has 0 bridgehead atoms. The van der Waals surface area contributed by atoms with Crippen molar-refractivity contribution in [2.24, 2.45) is 0 Å². The van der Waals surface area contributed by atoms with Gasteiger partial charge in [0.15, 0.2) is 0 Å². The van der Waals surface area contributed by atoms with Crippen molar-refractivity contribution >= 4 is 0 Å². The summed E-state index contributed by atoms with van der Waals surface area (Å²) >= 11 is 0. The fraction of sp³-hybridized carbons (Fsp3) is 0.800. The van der Waals surface area contributed by atoms with E-state index < -0.39 is 0 Å². The molecule has 12 heavy (non-hydrogen) atoms. The number of aliphatic hydroxyl groups excluding tert-OH is 1. The summed E-state index contributed by atoms with van der Waals surface area (Å²) in [5, 5.41) is 12.0. The van der Waals surface area contributed by atoms with Crippen LogP contribution in [0.4, 0.5) is 0 Å². The summed E-state index contributed by atoms with van der Waals surface area (Å²) in [7, 11) is 0. The van der Waals surface area contributed by atoms with Gasteiger partial charge in [-0.1, -0.05) is 19.1 Å². The second-order valence-corrected chi connectivity index (χ2v) is 3.25. The van der Waals surface area contributed by atoms with Crippen LogP contribution in [0.1, 0.15) is 33.1 Å². The van der Waals surface area contributed by atoms with Crippen molar-refractivity contribution in [3.05, 3.63) is 12.2 Å². The van der Waals surface area contributed by atoms with Gasteiger partial charge in [0.05, 0.1) is 0 Å². The number of rotatable bonds is 7. The smallest absolute Gasteiger partial charge is 0.0431 e. The molecule has 0 radical (unpaired) electrons. The molecule has 0 aromatic rings. The van der Waals surface area contributed by atoms with Crippen LogP contribution in [0.15, 0.2) is 12.2 Å². The fourth-order valence-electron chi connectivity index (χ4n) is 0.943. The molecule has 0 aliphatic heterocycles. The SMILES string of the molecule is C=C(CC)CNC(C)CCCO. The average Bonchev–Trinajstić information content (AvgIpc) is 2.10. The normalized spacial score (nSPS) is 12.9. The lowest BCUT2D eigenvalue weighted by atomic mass is 10.1. The summed E-state index contributed by atoms with van der Waals surface area (Å²) in [4.78, 5) is 0. The first-order valence-electron chi connectivity index (χ1n) is 4.71. The summed E-state index contributed by atoms with van der Waals surface area (Å²) in [6.45, 7) is 9.36. The lowest BCUT2D eigenvalue weighted by Crippen LogP contribution is -2.27. The van der Waals surface area contributed by atoms with Gasteiger partial charge >= 0.3 is 0 Å². The Morgan fingerprint density at radius 1 is 1.58 bits per heavy atom. The zero-order valence-corrected chi connectivity index (χ0v) is 8.27. The molecule has 1 unspecified atom stereocenters. The molecule has 72 valence electrons. The van der Waals surface area contributed by atoms with E-state index in [4.69, 9.17) is 5.11 Å². The lowest BCUT2D eigenvalue weighted by Gasteiger charge is -2.13. The second-order valence-electron chi connectivity index (χ2n) is 3.25. The Hall–Kier alpha value is -0.340. The predicted molar refractivity (Wildman–Crippen MR) is 53.2 cm³/mol. The standard InChI is InChI=1S/C10H21NO/c1-4-9(2)8-11-10(3)6-5-7-12/h10-12H,2,4-8H2,1,3H3. The van der Waals surface area contributed by atoms with E-state index in [0.717, 1.165) is 25.8 Å². The van der Waals surface area contributed by atoms with E-state index in [0.29, 0.717) is 12.6 Å². The highest BCUT2D eigenvalue weighted by molar-refractivity contribution is 4.95. The first-order valence-corrected chi connectivity index (χ1v) is 4.71. The van der Waals surface area contributed by atoms with Crippen LogP contribution in [-0.4, -0.2) is 24.3 Å². The van der Waals surface area contributed by atoms with Crippen molar-refractivity contribution in [1.82, 2.24) is 5.32 Å². The van der Waals surface area contributed by atoms with E-state index in [1.807, 2.05) is 0 Å². The first-order chi connectivity index (χ1) is 5.70. The Morgan fingerprint density at radius 3 is 2.75 bits per heavy atom. The Kier molecular flexibility index (Phi) is 7.11. The molecule has 0 saturated heterocycles. The van der Waals surface area contributed by atoms with Crippen LogP contribution in [0.25, 0.3) is 0 Å². The summed E-state index contributed by atoms with van der Waals surface area (Å²) in [6.07, 6.45) is 2.96. The van der Waals surface area contributed by atoms with Crippen molar-refractivity contribution in [2.75, 3.05) is 13.2 Å². The molecule has 0 heterocycles. The van der Waals surface area contributed by atoms with Crippen molar-refractivity contribution in [3.63, 3.8) is 0 Å². The van der Waals surface area contributed by atoms with Crippen LogP contribution in [0.2, 0.25) is 0 Å². The van der Waals surface area contributed by atoms with Crippen LogP contribution in [0.5, 0.6) is 0 Å². The molecule has 2 heteroatoms. The van der Waals surface area contributed by atoms with Crippen LogP contribution in [0.3, 0.4) is 0 Å². The zero-order chi connectivity index (χ0) is 9.40. The quantitative estimate of drug-likeness (QED) is 0.571. The van der Waals surface area contributed by atoms with Crippen molar-refractivity contribution in [3.8, 4) is 0 Å². The predicted octanol–water partition coefficient (Wildman–Crippen LogP) is 1.70. The molecule has 0 amide bonds. The highest BCUT2D eigenvalue weighted by Crippen LogP contribution is 1.98. The molecule has 1 atom stereocenters. The maximum absolute atomic E-state index is 8.59. The second kappa shape index (κ2) is 7.32. The third kappa shape index (κ3) is 6.38. The highest BCUT2D eigenvalue weighted by Gasteiger charge is 1.99. The van der Waals surface area contributed by atoms with Gasteiger partial charge in [-0.25, -0.2) is 0 Å². The minimum absolute atomic E-state index is 0.292. The third-order valence-electron chi connectivity index (χ3n) is 2.00. The van der Waals surface area contributed by atoms with E-state index in [1.54, 1.807) is 0 Å². The molecule has 0 fully saturated rings. The van der Waals surface area contributed by atoms with E-state index in [1.165, 1.54) is 5.57 Å². The molecule has 0 aromatic heterocycles. The number of hydrogen-bond donors (Lipinski definition) is 2. The van der Waals surface area contributed by atoms with Gasteiger partial charge in [-0.3, -0.25) is 0 Å². The maximum atomic E-state index is 8.59. The lowest BCUT2D eigenvalue weighted by molar-refractivity contribution is 0.277. The van der Waals surface area contributed by atoms with Crippen molar-refractivity contribution < 1.29 is 5.11 Å². The molecule has 2 nitrogen and oxygen atoms in total. The molecule has 2 N–H and O–H groups in total.